The van der Waals surface area contributed by atoms with E-state index in [1.807, 2.05) is 22.9 Å². The van der Waals surface area contributed by atoms with Crippen molar-refractivity contribution in [1.29, 1.82) is 0 Å². The standard InChI is InChI=1S/C18H22FN3O2/c19-15-3-5-16(6-4-15)22-8-1-2-17(22)14-18(23)20-7-9-21-10-12-24-13-11-21/h1-6,8H,7,9-14H2,(H,20,23). The zero-order chi connectivity index (χ0) is 16.8. The van der Waals surface area contributed by atoms with Crippen molar-refractivity contribution < 1.29 is 13.9 Å². The Morgan fingerprint density at radius 3 is 2.67 bits per heavy atom. The summed E-state index contributed by atoms with van der Waals surface area (Å²) < 4.78 is 20.3. The third kappa shape index (κ3) is 4.43. The number of ether oxygens (including phenoxy) is 1. The van der Waals surface area contributed by atoms with Crippen molar-refractivity contribution in [3.05, 3.63) is 54.1 Å². The predicted molar refractivity (Wildman–Crippen MR) is 89.7 cm³/mol. The van der Waals surface area contributed by atoms with Gasteiger partial charge in [0, 0.05) is 43.8 Å². The van der Waals surface area contributed by atoms with Crippen LogP contribution in [0.5, 0.6) is 0 Å². The van der Waals surface area contributed by atoms with E-state index in [0.717, 1.165) is 44.2 Å². The zero-order valence-corrected chi connectivity index (χ0v) is 13.6. The number of carbonyl (C=O) groups is 1. The maximum absolute atomic E-state index is 13.0. The highest BCUT2D eigenvalue weighted by atomic mass is 19.1. The molecule has 1 amide bonds. The van der Waals surface area contributed by atoms with E-state index in [2.05, 4.69) is 10.2 Å². The van der Waals surface area contributed by atoms with Crippen LogP contribution in [0.3, 0.4) is 0 Å². The van der Waals surface area contributed by atoms with Crippen LogP contribution in [0.15, 0.2) is 42.6 Å². The van der Waals surface area contributed by atoms with Crippen LogP contribution in [-0.4, -0.2) is 54.8 Å². The molecule has 6 heteroatoms. The molecule has 0 radical (unpaired) electrons. The number of hydrogen-bond acceptors (Lipinski definition) is 3. The monoisotopic (exact) mass is 331 g/mol. The van der Waals surface area contributed by atoms with E-state index in [4.69, 9.17) is 4.74 Å². The number of morpholine rings is 1. The summed E-state index contributed by atoms with van der Waals surface area (Å²) in [6.45, 7) is 4.84. The SMILES string of the molecule is O=C(Cc1cccn1-c1ccc(F)cc1)NCCN1CCOCC1. The van der Waals surface area contributed by atoms with Crippen LogP contribution in [0.25, 0.3) is 5.69 Å². The van der Waals surface area contributed by atoms with Crippen molar-refractivity contribution in [3.63, 3.8) is 0 Å². The number of aromatic nitrogens is 1. The smallest absolute Gasteiger partial charge is 0.225 e. The fraction of sp³-hybridized carbons (Fsp3) is 0.389. The molecule has 5 nitrogen and oxygen atoms in total. The lowest BCUT2D eigenvalue weighted by atomic mass is 10.2. The molecular formula is C18H22FN3O2. The number of nitrogens with zero attached hydrogens (tertiary/aromatic N) is 2. The van der Waals surface area contributed by atoms with E-state index in [1.54, 1.807) is 12.1 Å². The van der Waals surface area contributed by atoms with E-state index in [1.165, 1.54) is 12.1 Å². The summed E-state index contributed by atoms with van der Waals surface area (Å²) in [7, 11) is 0. The molecule has 2 aromatic rings. The highest BCUT2D eigenvalue weighted by Crippen LogP contribution is 2.14. The quantitative estimate of drug-likeness (QED) is 0.875. The molecule has 3 rings (SSSR count). The van der Waals surface area contributed by atoms with Gasteiger partial charge < -0.3 is 14.6 Å². The van der Waals surface area contributed by atoms with Crippen LogP contribution >= 0.6 is 0 Å². The first kappa shape index (κ1) is 16.7. The number of nitrogens with one attached hydrogen (secondary N) is 1. The van der Waals surface area contributed by atoms with Gasteiger partial charge in [0.1, 0.15) is 5.82 Å². The van der Waals surface area contributed by atoms with Gasteiger partial charge in [-0.1, -0.05) is 0 Å². The first-order chi connectivity index (χ1) is 11.7. The fourth-order valence-corrected chi connectivity index (χ4v) is 2.82. The van der Waals surface area contributed by atoms with E-state index in [9.17, 15) is 9.18 Å². The molecular weight excluding hydrogens is 309 g/mol. The third-order valence-electron chi connectivity index (χ3n) is 4.13. The molecule has 0 bridgehead atoms. The summed E-state index contributed by atoms with van der Waals surface area (Å²) in [5, 5.41) is 2.96. The predicted octanol–water partition coefficient (Wildman–Crippen LogP) is 1.61. The molecule has 1 saturated heterocycles. The normalized spacial score (nSPS) is 15.4. The van der Waals surface area contributed by atoms with Gasteiger partial charge in [-0.2, -0.15) is 0 Å². The van der Waals surface area contributed by atoms with Crippen LogP contribution in [0.4, 0.5) is 4.39 Å². The lowest BCUT2D eigenvalue weighted by Gasteiger charge is -2.26. The number of halogens is 1. The Hall–Kier alpha value is -2.18. The summed E-state index contributed by atoms with van der Waals surface area (Å²) in [4.78, 5) is 14.4. The van der Waals surface area contributed by atoms with E-state index >= 15 is 0 Å². The average molecular weight is 331 g/mol. The Morgan fingerprint density at radius 1 is 1.17 bits per heavy atom. The topological polar surface area (TPSA) is 46.5 Å². The number of hydrogen-bond donors (Lipinski definition) is 1. The Labute approximate surface area is 141 Å². The molecule has 1 aliphatic rings. The molecule has 0 aliphatic carbocycles. The molecule has 1 aliphatic heterocycles. The molecule has 1 aromatic carbocycles. The van der Waals surface area contributed by atoms with Crippen LogP contribution in [0.1, 0.15) is 5.69 Å². The summed E-state index contributed by atoms with van der Waals surface area (Å²) >= 11 is 0. The Morgan fingerprint density at radius 2 is 1.92 bits per heavy atom. The molecule has 0 spiro atoms. The highest BCUT2D eigenvalue weighted by Gasteiger charge is 2.12. The van der Waals surface area contributed by atoms with Crippen molar-refractivity contribution >= 4 is 5.91 Å². The second-order valence-electron chi connectivity index (χ2n) is 5.83. The summed E-state index contributed by atoms with van der Waals surface area (Å²) in [5.74, 6) is -0.279. The minimum Gasteiger partial charge on any atom is -0.379 e. The molecule has 24 heavy (non-hydrogen) atoms. The molecule has 1 aromatic heterocycles. The van der Waals surface area contributed by atoms with E-state index in [-0.39, 0.29) is 11.7 Å². The van der Waals surface area contributed by atoms with Crippen molar-refractivity contribution in [1.82, 2.24) is 14.8 Å². The second kappa shape index (κ2) is 8.08. The van der Waals surface area contributed by atoms with Gasteiger partial charge in [0.05, 0.1) is 19.6 Å². The Balaban J connectivity index is 1.51. The van der Waals surface area contributed by atoms with Gasteiger partial charge in [-0.25, -0.2) is 4.39 Å². The number of carbonyl (C=O) groups excluding carboxylic acids is 1. The van der Waals surface area contributed by atoms with Gasteiger partial charge in [-0.3, -0.25) is 9.69 Å². The lowest BCUT2D eigenvalue weighted by molar-refractivity contribution is -0.120. The fourth-order valence-electron chi connectivity index (χ4n) is 2.82. The summed E-state index contributed by atoms with van der Waals surface area (Å²) in [6.07, 6.45) is 2.18. The van der Waals surface area contributed by atoms with Crippen molar-refractivity contribution in [2.75, 3.05) is 39.4 Å². The third-order valence-corrected chi connectivity index (χ3v) is 4.13. The van der Waals surface area contributed by atoms with Gasteiger partial charge in [0.25, 0.3) is 0 Å². The number of rotatable bonds is 6. The first-order valence-electron chi connectivity index (χ1n) is 8.21. The lowest BCUT2D eigenvalue weighted by Crippen LogP contribution is -2.41. The minimum absolute atomic E-state index is 0.00896. The van der Waals surface area contributed by atoms with Gasteiger partial charge in [-0.15, -0.1) is 0 Å². The maximum Gasteiger partial charge on any atom is 0.225 e. The van der Waals surface area contributed by atoms with Gasteiger partial charge in [0.2, 0.25) is 5.91 Å². The van der Waals surface area contributed by atoms with Crippen LogP contribution < -0.4 is 5.32 Å². The molecule has 1 fully saturated rings. The molecule has 0 saturated carbocycles. The van der Waals surface area contributed by atoms with Crippen LogP contribution in [-0.2, 0) is 16.0 Å². The Kier molecular flexibility index (Phi) is 5.61. The Bertz CT molecular complexity index is 663. The van der Waals surface area contributed by atoms with Gasteiger partial charge in [0.15, 0.2) is 0 Å². The van der Waals surface area contributed by atoms with E-state index < -0.39 is 0 Å². The van der Waals surface area contributed by atoms with Crippen molar-refractivity contribution in [2.24, 2.45) is 0 Å². The van der Waals surface area contributed by atoms with Gasteiger partial charge >= 0.3 is 0 Å². The average Bonchev–Trinajstić information content (AvgIpc) is 3.04. The van der Waals surface area contributed by atoms with Gasteiger partial charge in [-0.05, 0) is 36.4 Å². The maximum atomic E-state index is 13.0. The molecule has 2 heterocycles. The largest absolute Gasteiger partial charge is 0.379 e. The molecule has 128 valence electrons. The number of benzene rings is 1. The number of amides is 1. The molecule has 1 N–H and O–H groups in total. The first-order valence-corrected chi connectivity index (χ1v) is 8.21. The van der Waals surface area contributed by atoms with Crippen molar-refractivity contribution in [2.45, 2.75) is 6.42 Å². The van der Waals surface area contributed by atoms with Crippen molar-refractivity contribution in [3.8, 4) is 5.69 Å². The minimum atomic E-state index is -0.270. The zero-order valence-electron chi connectivity index (χ0n) is 13.6. The molecule has 0 atom stereocenters. The van der Waals surface area contributed by atoms with Crippen LogP contribution in [0.2, 0.25) is 0 Å². The summed E-state index contributed by atoms with van der Waals surface area (Å²) in [5.41, 5.74) is 1.72. The van der Waals surface area contributed by atoms with Crippen LogP contribution in [0, 0.1) is 5.82 Å². The highest BCUT2D eigenvalue weighted by molar-refractivity contribution is 5.78. The summed E-state index contributed by atoms with van der Waals surface area (Å²) in [6, 6.07) is 10.0. The second-order valence-corrected chi connectivity index (χ2v) is 5.83. The molecule has 0 unspecified atom stereocenters. The van der Waals surface area contributed by atoms with E-state index in [0.29, 0.717) is 13.0 Å².